The van der Waals surface area contributed by atoms with E-state index in [1.165, 1.54) is 98.0 Å². The molecule has 0 saturated carbocycles. The smallest absolute Gasteiger partial charge is 0.00923 e. The van der Waals surface area contributed by atoms with Crippen LogP contribution in [0.1, 0.15) is 0 Å². The molecule has 0 aliphatic rings. The predicted molar refractivity (Wildman–Crippen MR) is 208 cm³/mol. The van der Waals surface area contributed by atoms with E-state index in [0.717, 1.165) is 0 Å². The summed E-state index contributed by atoms with van der Waals surface area (Å²) < 4.78 is 0. The topological polar surface area (TPSA) is 0 Å². The molecule has 48 heavy (non-hydrogen) atoms. The highest BCUT2D eigenvalue weighted by molar-refractivity contribution is 6.25. The number of fused-ring (bicyclic) bond motifs is 8. The lowest BCUT2D eigenvalue weighted by atomic mass is 9.85. The third-order valence-corrected chi connectivity index (χ3v) is 10.2. The van der Waals surface area contributed by atoms with E-state index < -0.39 is 0 Å². The Bertz CT molecular complexity index is 2880. The molecule has 0 heteroatoms. The summed E-state index contributed by atoms with van der Waals surface area (Å²) in [6.07, 6.45) is 0. The maximum absolute atomic E-state index is 2.46. The first kappa shape index (κ1) is 26.9. The van der Waals surface area contributed by atoms with Gasteiger partial charge in [0.1, 0.15) is 0 Å². The molecule has 0 amide bonds. The summed E-state index contributed by atoms with van der Waals surface area (Å²) in [5.74, 6) is 0. The number of benzene rings is 10. The lowest BCUT2D eigenvalue weighted by molar-refractivity contribution is 1.67. The molecule has 0 aliphatic heterocycles. The molecule has 0 bridgehead atoms. The highest BCUT2D eigenvalue weighted by Crippen LogP contribution is 2.45. The van der Waals surface area contributed by atoms with Crippen molar-refractivity contribution in [2.45, 2.75) is 0 Å². The van der Waals surface area contributed by atoms with Crippen LogP contribution in [0.4, 0.5) is 0 Å². The Morgan fingerprint density at radius 2 is 0.646 bits per heavy atom. The van der Waals surface area contributed by atoms with Crippen LogP contribution in [0.3, 0.4) is 0 Å². The number of hydrogen-bond donors (Lipinski definition) is 0. The van der Waals surface area contributed by atoms with E-state index in [2.05, 4.69) is 182 Å². The van der Waals surface area contributed by atoms with Gasteiger partial charge in [0, 0.05) is 0 Å². The average molecular weight is 607 g/mol. The second-order valence-electron chi connectivity index (χ2n) is 12.9. The molecule has 0 radical (unpaired) electrons. The van der Waals surface area contributed by atoms with Gasteiger partial charge in [-0.2, -0.15) is 0 Å². The molecule has 0 aliphatic carbocycles. The Morgan fingerprint density at radius 3 is 1.31 bits per heavy atom. The highest BCUT2D eigenvalue weighted by atomic mass is 14.2. The molecule has 10 rings (SSSR count). The fraction of sp³-hybridized carbons (Fsp3) is 0. The van der Waals surface area contributed by atoms with Gasteiger partial charge in [-0.15, -0.1) is 0 Å². The molecule has 0 heterocycles. The van der Waals surface area contributed by atoms with Crippen molar-refractivity contribution in [3.8, 4) is 33.4 Å². The molecule has 10 aromatic rings. The molecular formula is C48H30. The predicted octanol–water partition coefficient (Wildman–Crippen LogP) is 13.6. The molecule has 0 N–H and O–H groups in total. The maximum atomic E-state index is 2.46. The first-order valence-electron chi connectivity index (χ1n) is 16.7. The first-order chi connectivity index (χ1) is 23.8. The van der Waals surface area contributed by atoms with E-state index in [1.807, 2.05) is 0 Å². The van der Waals surface area contributed by atoms with E-state index in [4.69, 9.17) is 0 Å². The summed E-state index contributed by atoms with van der Waals surface area (Å²) in [7, 11) is 0. The fourth-order valence-electron chi connectivity index (χ4n) is 7.91. The molecule has 0 fully saturated rings. The van der Waals surface area contributed by atoms with Gasteiger partial charge < -0.3 is 0 Å². The quantitative estimate of drug-likeness (QED) is 0.176. The lowest BCUT2D eigenvalue weighted by Crippen LogP contribution is -1.91. The van der Waals surface area contributed by atoms with Crippen molar-refractivity contribution in [2.75, 3.05) is 0 Å². The summed E-state index contributed by atoms with van der Waals surface area (Å²) in [4.78, 5) is 0. The van der Waals surface area contributed by atoms with E-state index in [1.54, 1.807) is 0 Å². The van der Waals surface area contributed by atoms with E-state index in [0.29, 0.717) is 0 Å². The van der Waals surface area contributed by atoms with Gasteiger partial charge in [0.05, 0.1) is 0 Å². The number of hydrogen-bond acceptors (Lipinski definition) is 0. The zero-order valence-corrected chi connectivity index (χ0v) is 26.3. The van der Waals surface area contributed by atoms with Crippen LogP contribution < -0.4 is 0 Å². The van der Waals surface area contributed by atoms with Crippen LogP contribution >= 0.6 is 0 Å². The van der Waals surface area contributed by atoms with Crippen molar-refractivity contribution in [2.24, 2.45) is 0 Å². The van der Waals surface area contributed by atoms with Crippen molar-refractivity contribution >= 4 is 64.6 Å². The third kappa shape index (κ3) is 4.16. The van der Waals surface area contributed by atoms with Crippen molar-refractivity contribution in [1.82, 2.24) is 0 Å². The van der Waals surface area contributed by atoms with Gasteiger partial charge in [-0.05, 0) is 122 Å². The Balaban J connectivity index is 1.34. The Kier molecular flexibility index (Phi) is 5.98. The summed E-state index contributed by atoms with van der Waals surface area (Å²) >= 11 is 0. The van der Waals surface area contributed by atoms with Crippen LogP contribution in [-0.2, 0) is 0 Å². The van der Waals surface area contributed by atoms with Crippen LogP contribution in [0.15, 0.2) is 182 Å². The van der Waals surface area contributed by atoms with E-state index >= 15 is 0 Å². The van der Waals surface area contributed by atoms with Gasteiger partial charge >= 0.3 is 0 Å². The molecule has 222 valence electrons. The van der Waals surface area contributed by atoms with Crippen molar-refractivity contribution in [1.29, 1.82) is 0 Å². The lowest BCUT2D eigenvalue weighted by Gasteiger charge is -2.18. The van der Waals surface area contributed by atoms with Crippen LogP contribution in [0, 0.1) is 0 Å². The first-order valence-corrected chi connectivity index (χ1v) is 16.7. The van der Waals surface area contributed by atoms with E-state index in [9.17, 15) is 0 Å². The maximum Gasteiger partial charge on any atom is -0.00923 e. The monoisotopic (exact) mass is 606 g/mol. The molecule has 10 aromatic carbocycles. The van der Waals surface area contributed by atoms with Crippen LogP contribution in [0.5, 0.6) is 0 Å². The van der Waals surface area contributed by atoms with Crippen molar-refractivity contribution in [3.63, 3.8) is 0 Å². The van der Waals surface area contributed by atoms with Crippen LogP contribution in [0.25, 0.3) is 98.0 Å². The minimum atomic E-state index is 1.23. The van der Waals surface area contributed by atoms with Gasteiger partial charge in [0.2, 0.25) is 0 Å². The van der Waals surface area contributed by atoms with Gasteiger partial charge in [-0.3, -0.25) is 0 Å². The van der Waals surface area contributed by atoms with Gasteiger partial charge in [-0.25, -0.2) is 0 Å². The van der Waals surface area contributed by atoms with Crippen molar-refractivity contribution < 1.29 is 0 Å². The Morgan fingerprint density at radius 1 is 0.188 bits per heavy atom. The normalized spacial score (nSPS) is 11.8. The SMILES string of the molecule is c1ccc2cc(-c3ccc4c(c3)c(-c3cccc5ccccc35)cc3c5ccccc5c(-c5cccc6ccccc56)cc43)ccc2c1. The minimum absolute atomic E-state index is 1.23. The Hall–Kier alpha value is -6.24. The molecular weight excluding hydrogens is 577 g/mol. The van der Waals surface area contributed by atoms with Gasteiger partial charge in [0.15, 0.2) is 0 Å². The molecule has 0 aromatic heterocycles. The average Bonchev–Trinajstić information content (AvgIpc) is 3.16. The molecule has 0 saturated heterocycles. The standard InChI is InChI=1S/C48H30/c1-2-14-34-27-35(24-23-31(34)11-1)36-25-26-43-44(28-36)46(40-22-10-16-33-13-4-6-18-38(33)40)30-47-42-20-8-7-19-41(42)45(29-48(43)47)39-21-9-15-32-12-3-5-17-37(32)39/h1-30H. The van der Waals surface area contributed by atoms with E-state index in [-0.39, 0.29) is 0 Å². The minimum Gasteiger partial charge on any atom is -0.0616 e. The summed E-state index contributed by atoms with van der Waals surface area (Å²) in [5.41, 5.74) is 7.52. The third-order valence-electron chi connectivity index (χ3n) is 10.2. The second kappa shape index (κ2) is 10.7. The Labute approximate surface area is 279 Å². The zero-order valence-electron chi connectivity index (χ0n) is 26.3. The largest absolute Gasteiger partial charge is 0.0616 e. The fourth-order valence-corrected chi connectivity index (χ4v) is 7.91. The summed E-state index contributed by atoms with van der Waals surface area (Å²) in [5, 5.41) is 15.2. The summed E-state index contributed by atoms with van der Waals surface area (Å²) in [6.45, 7) is 0. The summed E-state index contributed by atoms with van der Waals surface area (Å²) in [6, 6.07) is 67.2. The molecule has 0 spiro atoms. The van der Waals surface area contributed by atoms with Crippen LogP contribution in [-0.4, -0.2) is 0 Å². The molecule has 0 unspecified atom stereocenters. The molecule has 0 nitrogen and oxygen atoms in total. The van der Waals surface area contributed by atoms with Gasteiger partial charge in [-0.1, -0.05) is 158 Å². The van der Waals surface area contributed by atoms with Crippen LogP contribution in [0.2, 0.25) is 0 Å². The molecule has 0 atom stereocenters. The number of rotatable bonds is 3. The second-order valence-corrected chi connectivity index (χ2v) is 12.9. The van der Waals surface area contributed by atoms with Gasteiger partial charge in [0.25, 0.3) is 0 Å². The van der Waals surface area contributed by atoms with Crippen molar-refractivity contribution in [3.05, 3.63) is 182 Å². The zero-order chi connectivity index (χ0) is 31.6. The highest BCUT2D eigenvalue weighted by Gasteiger charge is 2.17.